The number of pyridine rings is 1. The van der Waals surface area contributed by atoms with Crippen LogP contribution in [0.3, 0.4) is 0 Å². The number of aromatic nitrogens is 1. The van der Waals surface area contributed by atoms with Gasteiger partial charge in [0.1, 0.15) is 5.54 Å². The van der Waals surface area contributed by atoms with Crippen LogP contribution in [0.4, 0.5) is 5.69 Å². The highest BCUT2D eigenvalue weighted by atomic mass is 16.5. The lowest BCUT2D eigenvalue weighted by atomic mass is 9.99. The van der Waals surface area contributed by atoms with E-state index in [9.17, 15) is 9.90 Å². The van der Waals surface area contributed by atoms with Gasteiger partial charge in [0.25, 0.3) is 0 Å². The Kier molecular flexibility index (Phi) is 2.92. The van der Waals surface area contributed by atoms with Crippen LogP contribution >= 0.6 is 0 Å². The van der Waals surface area contributed by atoms with Gasteiger partial charge in [-0.3, -0.25) is 0 Å². The van der Waals surface area contributed by atoms with Crippen LogP contribution in [0.5, 0.6) is 5.88 Å². The van der Waals surface area contributed by atoms with Crippen molar-refractivity contribution < 1.29 is 14.6 Å². The molecule has 2 heterocycles. The Morgan fingerprint density at radius 1 is 1.65 bits per heavy atom. The predicted octanol–water partition coefficient (Wildman–Crippen LogP) is 1.53. The average molecular weight is 236 g/mol. The first-order valence-corrected chi connectivity index (χ1v) is 5.59. The van der Waals surface area contributed by atoms with E-state index >= 15 is 0 Å². The molecule has 1 N–H and O–H groups in total. The third-order valence-corrected chi connectivity index (χ3v) is 3.34. The predicted molar refractivity (Wildman–Crippen MR) is 63.4 cm³/mol. The van der Waals surface area contributed by atoms with E-state index in [2.05, 4.69) is 4.98 Å². The van der Waals surface area contributed by atoms with Gasteiger partial charge in [0.05, 0.1) is 7.11 Å². The molecule has 1 aromatic heterocycles. The van der Waals surface area contributed by atoms with Crippen LogP contribution in [-0.4, -0.2) is 35.3 Å². The molecule has 0 spiro atoms. The SMILES string of the molecule is COc1cc(N2CCCC2(C)C(=O)O)ccn1. The van der Waals surface area contributed by atoms with Crippen molar-refractivity contribution in [2.75, 3.05) is 18.6 Å². The minimum Gasteiger partial charge on any atom is -0.481 e. The highest BCUT2D eigenvalue weighted by Crippen LogP contribution is 2.34. The van der Waals surface area contributed by atoms with E-state index in [0.717, 1.165) is 18.7 Å². The summed E-state index contributed by atoms with van der Waals surface area (Å²) in [5.41, 5.74) is 0.0195. The van der Waals surface area contributed by atoms with Gasteiger partial charge in [-0.05, 0) is 25.8 Å². The van der Waals surface area contributed by atoms with Gasteiger partial charge in [0.2, 0.25) is 5.88 Å². The molecule has 17 heavy (non-hydrogen) atoms. The number of anilines is 1. The molecule has 0 aliphatic carbocycles. The van der Waals surface area contributed by atoms with Crippen LogP contribution in [0.2, 0.25) is 0 Å². The standard InChI is InChI=1S/C12H16N2O3/c1-12(11(15)16)5-3-7-14(12)9-4-6-13-10(8-9)17-2/h4,6,8H,3,5,7H2,1-2H3,(H,15,16). The summed E-state index contributed by atoms with van der Waals surface area (Å²) in [6, 6.07) is 3.58. The number of methoxy groups -OCH3 is 1. The number of carboxylic acid groups (broad SMARTS) is 1. The Morgan fingerprint density at radius 3 is 3.06 bits per heavy atom. The Bertz CT molecular complexity index is 436. The first-order chi connectivity index (χ1) is 8.08. The zero-order valence-corrected chi connectivity index (χ0v) is 10.0. The minimum atomic E-state index is -0.827. The van der Waals surface area contributed by atoms with Gasteiger partial charge in [-0.15, -0.1) is 0 Å². The van der Waals surface area contributed by atoms with Crippen LogP contribution < -0.4 is 9.64 Å². The second-order valence-corrected chi connectivity index (χ2v) is 4.39. The number of hydrogen-bond donors (Lipinski definition) is 1. The maximum absolute atomic E-state index is 11.4. The number of nitrogens with zero attached hydrogens (tertiary/aromatic N) is 2. The number of hydrogen-bond acceptors (Lipinski definition) is 4. The topological polar surface area (TPSA) is 62.7 Å². The van der Waals surface area contributed by atoms with Crippen LogP contribution in [0.1, 0.15) is 19.8 Å². The summed E-state index contributed by atoms with van der Waals surface area (Å²) in [6.45, 7) is 2.51. The fourth-order valence-electron chi connectivity index (χ4n) is 2.28. The van der Waals surface area contributed by atoms with Gasteiger partial charge < -0.3 is 14.7 Å². The fourth-order valence-corrected chi connectivity index (χ4v) is 2.28. The maximum Gasteiger partial charge on any atom is 0.329 e. The molecule has 1 unspecified atom stereocenters. The average Bonchev–Trinajstić information content (AvgIpc) is 2.73. The van der Waals surface area contributed by atoms with E-state index in [1.165, 1.54) is 0 Å². The molecule has 1 saturated heterocycles. The molecule has 1 atom stereocenters. The summed E-state index contributed by atoms with van der Waals surface area (Å²) in [5, 5.41) is 9.34. The van der Waals surface area contributed by atoms with Crippen molar-refractivity contribution in [2.24, 2.45) is 0 Å². The van der Waals surface area contributed by atoms with Crippen LogP contribution in [0.25, 0.3) is 0 Å². The quantitative estimate of drug-likeness (QED) is 0.862. The zero-order valence-electron chi connectivity index (χ0n) is 10.0. The van der Waals surface area contributed by atoms with Gasteiger partial charge in [0.15, 0.2) is 0 Å². The third kappa shape index (κ3) is 1.92. The molecule has 1 aromatic rings. The summed E-state index contributed by atoms with van der Waals surface area (Å²) in [5.74, 6) is -0.284. The molecule has 0 bridgehead atoms. The van der Waals surface area contributed by atoms with Crippen molar-refractivity contribution in [3.63, 3.8) is 0 Å². The lowest BCUT2D eigenvalue weighted by molar-refractivity contribution is -0.142. The second kappa shape index (κ2) is 4.24. The van der Waals surface area contributed by atoms with E-state index in [4.69, 9.17) is 4.74 Å². The normalized spacial score (nSPS) is 23.8. The largest absolute Gasteiger partial charge is 0.481 e. The summed E-state index contributed by atoms with van der Waals surface area (Å²) < 4.78 is 5.06. The third-order valence-electron chi connectivity index (χ3n) is 3.34. The minimum absolute atomic E-state index is 0.502. The summed E-state index contributed by atoms with van der Waals surface area (Å²) in [6.07, 6.45) is 3.18. The molecule has 5 nitrogen and oxygen atoms in total. The molecular formula is C12H16N2O3. The van der Waals surface area contributed by atoms with Gasteiger partial charge in [-0.1, -0.05) is 0 Å². The van der Waals surface area contributed by atoms with Crippen LogP contribution in [-0.2, 0) is 4.79 Å². The molecule has 1 aliphatic rings. The van der Waals surface area contributed by atoms with Crippen molar-refractivity contribution in [1.29, 1.82) is 0 Å². The van der Waals surface area contributed by atoms with E-state index in [-0.39, 0.29) is 0 Å². The van der Waals surface area contributed by atoms with E-state index < -0.39 is 11.5 Å². The summed E-state index contributed by atoms with van der Waals surface area (Å²) in [7, 11) is 1.55. The number of aliphatic carboxylic acids is 1. The van der Waals surface area contributed by atoms with Crippen LogP contribution in [0, 0.1) is 0 Å². The molecule has 0 amide bonds. The lowest BCUT2D eigenvalue weighted by Crippen LogP contribution is -2.48. The monoisotopic (exact) mass is 236 g/mol. The maximum atomic E-state index is 11.4. The Balaban J connectivity index is 2.35. The molecule has 0 radical (unpaired) electrons. The summed E-state index contributed by atoms with van der Waals surface area (Å²) in [4.78, 5) is 17.3. The Hall–Kier alpha value is -1.78. The van der Waals surface area contributed by atoms with Crippen molar-refractivity contribution in [1.82, 2.24) is 4.98 Å². The number of carbonyl (C=O) groups is 1. The summed E-state index contributed by atoms with van der Waals surface area (Å²) >= 11 is 0. The number of rotatable bonds is 3. The van der Waals surface area contributed by atoms with E-state index in [1.807, 2.05) is 11.0 Å². The zero-order chi connectivity index (χ0) is 12.5. The number of ether oxygens (including phenoxy) is 1. The van der Waals surface area contributed by atoms with Crippen molar-refractivity contribution in [3.8, 4) is 5.88 Å². The van der Waals surface area contributed by atoms with E-state index in [1.54, 1.807) is 26.3 Å². The molecule has 92 valence electrons. The lowest BCUT2D eigenvalue weighted by Gasteiger charge is -2.33. The molecule has 1 fully saturated rings. The van der Waals surface area contributed by atoms with Gasteiger partial charge >= 0.3 is 5.97 Å². The van der Waals surface area contributed by atoms with Crippen molar-refractivity contribution in [3.05, 3.63) is 18.3 Å². The highest BCUT2D eigenvalue weighted by molar-refractivity contribution is 5.84. The fraction of sp³-hybridized carbons (Fsp3) is 0.500. The van der Waals surface area contributed by atoms with Crippen LogP contribution in [0.15, 0.2) is 18.3 Å². The highest BCUT2D eigenvalue weighted by Gasteiger charge is 2.43. The molecular weight excluding hydrogens is 220 g/mol. The van der Waals surface area contributed by atoms with Gasteiger partial charge in [-0.2, -0.15) is 0 Å². The van der Waals surface area contributed by atoms with E-state index in [0.29, 0.717) is 12.3 Å². The van der Waals surface area contributed by atoms with Crippen molar-refractivity contribution in [2.45, 2.75) is 25.3 Å². The van der Waals surface area contributed by atoms with Gasteiger partial charge in [-0.25, -0.2) is 9.78 Å². The first-order valence-electron chi connectivity index (χ1n) is 5.59. The molecule has 0 saturated carbocycles. The molecule has 1 aliphatic heterocycles. The Morgan fingerprint density at radius 2 is 2.41 bits per heavy atom. The van der Waals surface area contributed by atoms with Gasteiger partial charge in [0, 0.05) is 24.5 Å². The molecule has 0 aromatic carbocycles. The molecule has 2 rings (SSSR count). The number of carboxylic acids is 1. The Labute approximate surface area is 100 Å². The first kappa shape index (κ1) is 11.7. The van der Waals surface area contributed by atoms with Crippen molar-refractivity contribution >= 4 is 11.7 Å². The second-order valence-electron chi connectivity index (χ2n) is 4.39. The molecule has 5 heteroatoms. The smallest absolute Gasteiger partial charge is 0.329 e.